The molecule has 3 rings (SSSR count). The summed E-state index contributed by atoms with van der Waals surface area (Å²) in [5.41, 5.74) is 1.21. The molecule has 0 aliphatic carbocycles. The molecule has 0 unspecified atom stereocenters. The number of sulfonamides is 1. The Hall–Kier alpha value is -2.71. The highest BCUT2D eigenvalue weighted by Gasteiger charge is 2.31. The van der Waals surface area contributed by atoms with Gasteiger partial charge < -0.3 is 10.6 Å². The first-order valence-electron chi connectivity index (χ1n) is 10.8. The lowest BCUT2D eigenvalue weighted by Gasteiger charge is -2.30. The Morgan fingerprint density at radius 1 is 0.969 bits per heavy atom. The summed E-state index contributed by atoms with van der Waals surface area (Å²) in [7, 11) is -3.43. The predicted molar refractivity (Wildman–Crippen MR) is 126 cm³/mol. The van der Waals surface area contributed by atoms with Crippen LogP contribution in [0.3, 0.4) is 0 Å². The van der Waals surface area contributed by atoms with Gasteiger partial charge in [0.05, 0.1) is 17.0 Å². The Morgan fingerprint density at radius 3 is 2.19 bits per heavy atom. The van der Waals surface area contributed by atoms with Crippen LogP contribution in [0.5, 0.6) is 0 Å². The zero-order valence-electron chi connectivity index (χ0n) is 18.8. The lowest BCUT2D eigenvalue weighted by Crippen LogP contribution is -2.42. The zero-order valence-corrected chi connectivity index (χ0v) is 19.6. The van der Waals surface area contributed by atoms with Crippen molar-refractivity contribution in [3.05, 3.63) is 65.7 Å². The molecule has 0 saturated carbocycles. The molecule has 0 atom stereocenters. The van der Waals surface area contributed by atoms with Crippen molar-refractivity contribution in [1.82, 2.24) is 9.62 Å². The minimum absolute atomic E-state index is 0.0407. The summed E-state index contributed by atoms with van der Waals surface area (Å²) in [6, 6.07) is 16.0. The molecule has 7 nitrogen and oxygen atoms in total. The standard InChI is InChI=1S/C24H31N3O4S/c1-24(2,3)26-23(29)20-11-7-8-12-21(20)25-22(28)19-13-15-27(16-14-19)32(30,31)17-18-9-5-4-6-10-18/h4-12,19H,13-17H2,1-3H3,(H,25,28)(H,26,29). The quantitative estimate of drug-likeness (QED) is 0.695. The normalized spacial score (nSPS) is 15.8. The fraction of sp³-hybridized carbons (Fsp3) is 0.417. The highest BCUT2D eigenvalue weighted by Crippen LogP contribution is 2.24. The monoisotopic (exact) mass is 457 g/mol. The van der Waals surface area contributed by atoms with Crippen LogP contribution >= 0.6 is 0 Å². The third-order valence-corrected chi connectivity index (χ3v) is 7.18. The smallest absolute Gasteiger partial charge is 0.253 e. The first kappa shape index (κ1) is 23.9. The molecule has 2 amide bonds. The fourth-order valence-corrected chi connectivity index (χ4v) is 5.27. The molecule has 1 saturated heterocycles. The van der Waals surface area contributed by atoms with Gasteiger partial charge in [0, 0.05) is 24.5 Å². The Balaban J connectivity index is 1.60. The first-order valence-corrected chi connectivity index (χ1v) is 12.4. The van der Waals surface area contributed by atoms with Gasteiger partial charge in [0.25, 0.3) is 5.91 Å². The molecule has 172 valence electrons. The Labute approximate surface area is 190 Å². The summed E-state index contributed by atoms with van der Waals surface area (Å²) in [6.07, 6.45) is 0.881. The number of benzene rings is 2. The van der Waals surface area contributed by atoms with Gasteiger partial charge in [-0.1, -0.05) is 42.5 Å². The average molecular weight is 458 g/mol. The minimum Gasteiger partial charge on any atom is -0.347 e. The van der Waals surface area contributed by atoms with Gasteiger partial charge in [-0.2, -0.15) is 0 Å². The van der Waals surface area contributed by atoms with Crippen molar-refractivity contribution >= 4 is 27.5 Å². The number of hydrogen-bond donors (Lipinski definition) is 2. The summed E-state index contributed by atoms with van der Waals surface area (Å²) in [6.45, 7) is 6.29. The van der Waals surface area contributed by atoms with Crippen molar-refractivity contribution in [2.24, 2.45) is 5.92 Å². The molecule has 0 radical (unpaired) electrons. The molecule has 1 aliphatic heterocycles. The summed E-state index contributed by atoms with van der Waals surface area (Å²) in [5, 5.41) is 5.78. The van der Waals surface area contributed by atoms with Crippen molar-refractivity contribution < 1.29 is 18.0 Å². The largest absolute Gasteiger partial charge is 0.347 e. The number of carbonyl (C=O) groups is 2. The van der Waals surface area contributed by atoms with Crippen LogP contribution in [-0.2, 0) is 20.6 Å². The van der Waals surface area contributed by atoms with Crippen LogP contribution in [0.25, 0.3) is 0 Å². The van der Waals surface area contributed by atoms with Crippen LogP contribution in [0.1, 0.15) is 49.5 Å². The van der Waals surface area contributed by atoms with E-state index in [9.17, 15) is 18.0 Å². The van der Waals surface area contributed by atoms with Crippen LogP contribution < -0.4 is 10.6 Å². The highest BCUT2D eigenvalue weighted by atomic mass is 32.2. The van der Waals surface area contributed by atoms with E-state index >= 15 is 0 Å². The van der Waals surface area contributed by atoms with Crippen molar-refractivity contribution in [3.8, 4) is 0 Å². The van der Waals surface area contributed by atoms with Gasteiger partial charge in [-0.05, 0) is 51.3 Å². The first-order chi connectivity index (χ1) is 15.0. The maximum atomic E-state index is 12.9. The molecular weight excluding hydrogens is 426 g/mol. The number of nitrogens with one attached hydrogen (secondary N) is 2. The van der Waals surface area contributed by atoms with Crippen LogP contribution in [0.15, 0.2) is 54.6 Å². The number of nitrogens with zero attached hydrogens (tertiary/aromatic N) is 1. The molecule has 8 heteroatoms. The average Bonchev–Trinajstić information content (AvgIpc) is 2.73. The molecule has 0 aromatic heterocycles. The molecule has 1 aliphatic rings. The molecule has 2 aromatic carbocycles. The highest BCUT2D eigenvalue weighted by molar-refractivity contribution is 7.88. The zero-order chi connectivity index (χ0) is 23.4. The van der Waals surface area contributed by atoms with Crippen LogP contribution in [0.2, 0.25) is 0 Å². The van der Waals surface area contributed by atoms with Gasteiger partial charge in [0.15, 0.2) is 0 Å². The van der Waals surface area contributed by atoms with Crippen molar-refractivity contribution in [2.75, 3.05) is 18.4 Å². The SMILES string of the molecule is CC(C)(C)NC(=O)c1ccccc1NC(=O)C1CCN(S(=O)(=O)Cc2ccccc2)CC1. The predicted octanol–water partition coefficient (Wildman–Crippen LogP) is 3.40. The van der Waals surface area contributed by atoms with Gasteiger partial charge in [0.1, 0.15) is 0 Å². The maximum absolute atomic E-state index is 12.9. The molecular formula is C24H31N3O4S. The molecule has 2 aromatic rings. The summed E-state index contributed by atoms with van der Waals surface area (Å²) < 4.78 is 26.9. The summed E-state index contributed by atoms with van der Waals surface area (Å²) in [5.74, 6) is -0.797. The third kappa shape index (κ3) is 6.40. The molecule has 0 bridgehead atoms. The Bertz CT molecular complexity index is 1050. The van der Waals surface area contributed by atoms with Crippen molar-refractivity contribution in [3.63, 3.8) is 0 Å². The van der Waals surface area contributed by atoms with Gasteiger partial charge in [0.2, 0.25) is 15.9 Å². The number of carbonyl (C=O) groups excluding carboxylic acids is 2. The van der Waals surface area contributed by atoms with E-state index in [0.717, 1.165) is 5.56 Å². The summed E-state index contributed by atoms with van der Waals surface area (Å²) >= 11 is 0. The number of para-hydroxylation sites is 1. The topological polar surface area (TPSA) is 95.6 Å². The van der Waals surface area contributed by atoms with E-state index in [0.29, 0.717) is 37.2 Å². The van der Waals surface area contributed by atoms with E-state index < -0.39 is 15.6 Å². The Morgan fingerprint density at radius 2 is 1.56 bits per heavy atom. The second-order valence-corrected chi connectivity index (χ2v) is 11.1. The van der Waals surface area contributed by atoms with Gasteiger partial charge in [-0.3, -0.25) is 9.59 Å². The number of piperidine rings is 1. The van der Waals surface area contributed by atoms with Gasteiger partial charge >= 0.3 is 0 Å². The molecule has 2 N–H and O–H groups in total. The lowest BCUT2D eigenvalue weighted by molar-refractivity contribution is -0.120. The van der Waals surface area contributed by atoms with Crippen molar-refractivity contribution in [2.45, 2.75) is 44.9 Å². The number of anilines is 1. The molecule has 32 heavy (non-hydrogen) atoms. The molecule has 0 spiro atoms. The van der Waals surface area contributed by atoms with E-state index in [1.165, 1.54) is 4.31 Å². The number of amides is 2. The van der Waals surface area contributed by atoms with E-state index in [1.54, 1.807) is 36.4 Å². The second kappa shape index (κ2) is 9.83. The van der Waals surface area contributed by atoms with Crippen LogP contribution in [0, 0.1) is 5.92 Å². The maximum Gasteiger partial charge on any atom is 0.253 e. The van der Waals surface area contributed by atoms with E-state index in [4.69, 9.17) is 0 Å². The van der Waals surface area contributed by atoms with Gasteiger partial charge in [-0.25, -0.2) is 12.7 Å². The molecule has 1 fully saturated rings. The van der Waals surface area contributed by atoms with Crippen molar-refractivity contribution in [1.29, 1.82) is 0 Å². The van der Waals surface area contributed by atoms with E-state index in [1.807, 2.05) is 39.0 Å². The number of rotatable bonds is 6. The van der Waals surface area contributed by atoms with E-state index in [-0.39, 0.29) is 23.5 Å². The Kier molecular flexibility index (Phi) is 7.36. The third-order valence-electron chi connectivity index (χ3n) is 5.33. The van der Waals surface area contributed by atoms with E-state index in [2.05, 4.69) is 10.6 Å². The van der Waals surface area contributed by atoms with Crippen LogP contribution in [-0.4, -0.2) is 43.2 Å². The van der Waals surface area contributed by atoms with Crippen LogP contribution in [0.4, 0.5) is 5.69 Å². The minimum atomic E-state index is -3.43. The lowest BCUT2D eigenvalue weighted by atomic mass is 9.97. The number of hydrogen-bond acceptors (Lipinski definition) is 4. The molecule has 1 heterocycles. The fourth-order valence-electron chi connectivity index (χ4n) is 3.71. The van der Waals surface area contributed by atoms with Gasteiger partial charge in [-0.15, -0.1) is 0 Å². The summed E-state index contributed by atoms with van der Waals surface area (Å²) in [4.78, 5) is 25.5. The second-order valence-electron chi connectivity index (χ2n) is 9.15.